The quantitative estimate of drug-likeness (QED) is 0.452. The van der Waals surface area contributed by atoms with E-state index in [0.717, 1.165) is 5.56 Å². The van der Waals surface area contributed by atoms with Gasteiger partial charge >= 0.3 is 6.01 Å². The van der Waals surface area contributed by atoms with Crippen LogP contribution in [-0.2, 0) is 6.54 Å². The van der Waals surface area contributed by atoms with Gasteiger partial charge in [0.2, 0.25) is 17.8 Å². The van der Waals surface area contributed by atoms with Gasteiger partial charge in [-0.15, -0.1) is 0 Å². The highest BCUT2D eigenvalue weighted by molar-refractivity contribution is 6.04. The molecule has 0 saturated carbocycles. The van der Waals surface area contributed by atoms with Gasteiger partial charge < -0.3 is 20.7 Å². The average molecular weight is 436 g/mol. The fourth-order valence-corrected chi connectivity index (χ4v) is 3.17. The number of nitrogens with two attached hydrogens (primary N) is 1. The number of nitrogens with zero attached hydrogens (tertiary/aromatic N) is 6. The molecule has 0 saturated heterocycles. The van der Waals surface area contributed by atoms with Gasteiger partial charge in [0, 0.05) is 20.6 Å². The second-order valence-electron chi connectivity index (χ2n) is 7.11. The second-order valence-corrected chi connectivity index (χ2v) is 7.11. The number of hydrogen-bond acceptors (Lipinski definition) is 8. The molecule has 0 aliphatic rings. The summed E-state index contributed by atoms with van der Waals surface area (Å²) in [5.74, 6) is -0.0458. The molecule has 11 heteroatoms. The average Bonchev–Trinajstić information content (AvgIpc) is 3.16. The van der Waals surface area contributed by atoms with Crippen LogP contribution in [0.1, 0.15) is 15.9 Å². The van der Waals surface area contributed by atoms with Gasteiger partial charge in [0.1, 0.15) is 11.3 Å². The highest BCUT2D eigenvalue weighted by Crippen LogP contribution is 2.27. The Labute approximate surface area is 182 Å². The minimum absolute atomic E-state index is 0.181. The zero-order valence-corrected chi connectivity index (χ0v) is 17.7. The smallest absolute Gasteiger partial charge is 0.304 e. The van der Waals surface area contributed by atoms with Crippen LogP contribution in [0.5, 0.6) is 6.01 Å². The van der Waals surface area contributed by atoms with Crippen LogP contribution in [-0.4, -0.2) is 51.6 Å². The van der Waals surface area contributed by atoms with Crippen molar-refractivity contribution in [3.05, 3.63) is 59.4 Å². The van der Waals surface area contributed by atoms with Crippen molar-refractivity contribution in [3.8, 4) is 12.0 Å². The summed E-state index contributed by atoms with van der Waals surface area (Å²) in [5, 5.41) is 3.10. The summed E-state index contributed by atoms with van der Waals surface area (Å²) < 4.78 is 20.5. The predicted molar refractivity (Wildman–Crippen MR) is 118 cm³/mol. The fourth-order valence-electron chi connectivity index (χ4n) is 3.17. The summed E-state index contributed by atoms with van der Waals surface area (Å²) in [6.07, 6.45) is 0. The van der Waals surface area contributed by atoms with Crippen LogP contribution < -0.4 is 20.7 Å². The van der Waals surface area contributed by atoms with Crippen molar-refractivity contribution in [1.29, 1.82) is 0 Å². The monoisotopic (exact) mass is 436 g/mol. The van der Waals surface area contributed by atoms with Crippen LogP contribution >= 0.6 is 0 Å². The summed E-state index contributed by atoms with van der Waals surface area (Å²) in [4.78, 5) is 31.4. The number of primary amides is 1. The van der Waals surface area contributed by atoms with Crippen LogP contribution in [0, 0.1) is 5.82 Å². The first-order valence-corrected chi connectivity index (χ1v) is 9.64. The molecule has 0 unspecified atom stereocenters. The van der Waals surface area contributed by atoms with Crippen molar-refractivity contribution in [2.24, 2.45) is 5.73 Å². The Balaban J connectivity index is 1.82. The number of amides is 1. The van der Waals surface area contributed by atoms with Crippen LogP contribution in [0.15, 0.2) is 42.5 Å². The number of imidazole rings is 1. The molecule has 0 fully saturated rings. The van der Waals surface area contributed by atoms with E-state index in [4.69, 9.17) is 10.5 Å². The Hall–Kier alpha value is -4.28. The molecule has 0 spiro atoms. The Kier molecular flexibility index (Phi) is 5.54. The van der Waals surface area contributed by atoms with Crippen LogP contribution in [0.3, 0.4) is 0 Å². The van der Waals surface area contributed by atoms with Crippen molar-refractivity contribution in [2.45, 2.75) is 6.54 Å². The van der Waals surface area contributed by atoms with Crippen molar-refractivity contribution in [3.63, 3.8) is 0 Å². The van der Waals surface area contributed by atoms with Crippen LogP contribution in [0.25, 0.3) is 17.0 Å². The largest absolute Gasteiger partial charge is 0.468 e. The lowest BCUT2D eigenvalue weighted by Gasteiger charge is -2.15. The zero-order valence-electron chi connectivity index (χ0n) is 17.7. The number of para-hydroxylation sites is 1. The number of methoxy groups -OCH3 is 1. The van der Waals surface area contributed by atoms with E-state index in [0.29, 0.717) is 23.5 Å². The van der Waals surface area contributed by atoms with Crippen LogP contribution in [0.2, 0.25) is 0 Å². The number of aromatic nitrogens is 5. The molecule has 0 atom stereocenters. The minimum atomic E-state index is -0.607. The molecular weight excluding hydrogens is 415 g/mol. The maximum Gasteiger partial charge on any atom is 0.304 e. The number of anilines is 2. The number of benzene rings is 2. The lowest BCUT2D eigenvalue weighted by Crippen LogP contribution is -2.17. The summed E-state index contributed by atoms with van der Waals surface area (Å²) in [6.45, 7) is 0.307. The molecule has 2 aromatic carbocycles. The second kappa shape index (κ2) is 8.46. The van der Waals surface area contributed by atoms with Gasteiger partial charge in [-0.25, -0.2) is 8.96 Å². The number of rotatable bonds is 7. The van der Waals surface area contributed by atoms with E-state index in [9.17, 15) is 9.18 Å². The van der Waals surface area contributed by atoms with E-state index < -0.39 is 5.91 Å². The van der Waals surface area contributed by atoms with E-state index in [-0.39, 0.29) is 29.3 Å². The van der Waals surface area contributed by atoms with Gasteiger partial charge in [0.15, 0.2) is 0 Å². The molecule has 3 N–H and O–H groups in total. The summed E-state index contributed by atoms with van der Waals surface area (Å²) in [7, 11) is 5.05. The Bertz CT molecular complexity index is 1300. The van der Waals surface area contributed by atoms with E-state index in [1.165, 1.54) is 19.2 Å². The van der Waals surface area contributed by atoms with E-state index in [2.05, 4.69) is 25.3 Å². The first kappa shape index (κ1) is 21.0. The molecule has 32 heavy (non-hydrogen) atoms. The van der Waals surface area contributed by atoms with Gasteiger partial charge in [-0.3, -0.25) is 4.79 Å². The molecule has 4 rings (SSSR count). The molecule has 2 heterocycles. The lowest BCUT2D eigenvalue weighted by molar-refractivity contribution is 0.100. The number of carbonyl (C=O) groups excluding carboxylic acids is 1. The molecule has 4 aromatic rings. The molecule has 10 nitrogen and oxygen atoms in total. The summed E-state index contributed by atoms with van der Waals surface area (Å²) in [6, 6.07) is 11.5. The zero-order chi connectivity index (χ0) is 22.8. The number of hydrogen-bond donors (Lipinski definition) is 2. The highest BCUT2D eigenvalue weighted by atomic mass is 19.1. The number of nitrogens with one attached hydrogen (secondary N) is 1. The van der Waals surface area contributed by atoms with Gasteiger partial charge in [0.05, 0.1) is 18.2 Å². The molecule has 2 aromatic heterocycles. The number of carbonyl (C=O) groups is 1. The SMILES string of the molecule is COc1nc2c(C(N)=O)cccc2n1-c1nc(NCc2cccc(F)c2)nc(N(C)C)n1. The summed E-state index contributed by atoms with van der Waals surface area (Å²) in [5.41, 5.74) is 7.41. The number of halogens is 1. The predicted octanol–water partition coefficient (Wildman–Crippen LogP) is 2.14. The molecule has 164 valence electrons. The molecule has 0 radical (unpaired) electrons. The van der Waals surface area contributed by atoms with E-state index in [1.54, 1.807) is 53.9 Å². The third kappa shape index (κ3) is 4.00. The third-order valence-corrected chi connectivity index (χ3v) is 4.65. The molecule has 1 amide bonds. The Morgan fingerprint density at radius 3 is 2.62 bits per heavy atom. The minimum Gasteiger partial charge on any atom is -0.468 e. The normalized spacial score (nSPS) is 10.9. The van der Waals surface area contributed by atoms with Gasteiger partial charge in [-0.1, -0.05) is 18.2 Å². The molecule has 0 aliphatic carbocycles. The Morgan fingerprint density at radius 1 is 1.16 bits per heavy atom. The molecule has 0 bridgehead atoms. The first-order valence-electron chi connectivity index (χ1n) is 9.64. The van der Waals surface area contributed by atoms with Gasteiger partial charge in [-0.05, 0) is 29.8 Å². The highest BCUT2D eigenvalue weighted by Gasteiger charge is 2.21. The van der Waals surface area contributed by atoms with Crippen LogP contribution in [0.4, 0.5) is 16.3 Å². The fraction of sp³-hybridized carbons (Fsp3) is 0.190. The molecular formula is C21H21FN8O2. The van der Waals surface area contributed by atoms with E-state index in [1.807, 2.05) is 0 Å². The van der Waals surface area contributed by atoms with Gasteiger partial charge in [-0.2, -0.15) is 19.9 Å². The van der Waals surface area contributed by atoms with E-state index >= 15 is 0 Å². The number of fused-ring (bicyclic) bond motifs is 1. The standard InChI is InChI=1S/C21H21FN8O2/c1-29(2)19-26-18(24-11-12-6-4-7-13(22)10-12)27-20(28-19)30-15-9-5-8-14(17(23)31)16(15)25-21(30)32-3/h4-10H,11H2,1-3H3,(H2,23,31)(H,24,26,27,28). The van der Waals surface area contributed by atoms with Crippen molar-refractivity contribution in [2.75, 3.05) is 31.4 Å². The Morgan fingerprint density at radius 2 is 1.94 bits per heavy atom. The first-order chi connectivity index (χ1) is 15.4. The third-order valence-electron chi connectivity index (χ3n) is 4.65. The van der Waals surface area contributed by atoms with Crippen molar-refractivity contribution < 1.29 is 13.9 Å². The topological polar surface area (TPSA) is 124 Å². The molecule has 0 aliphatic heterocycles. The maximum absolute atomic E-state index is 13.5. The van der Waals surface area contributed by atoms with Crippen molar-refractivity contribution >= 4 is 28.8 Å². The van der Waals surface area contributed by atoms with Crippen molar-refractivity contribution in [1.82, 2.24) is 24.5 Å². The number of ether oxygens (including phenoxy) is 1. The van der Waals surface area contributed by atoms with Gasteiger partial charge in [0.25, 0.3) is 5.91 Å². The lowest BCUT2D eigenvalue weighted by atomic mass is 10.2. The maximum atomic E-state index is 13.5. The summed E-state index contributed by atoms with van der Waals surface area (Å²) >= 11 is 0.